The van der Waals surface area contributed by atoms with Gasteiger partial charge in [-0.2, -0.15) is 15.0 Å². The average molecular weight is 251 g/mol. The van der Waals surface area contributed by atoms with Crippen LogP contribution in [-0.2, 0) is 0 Å². The van der Waals surface area contributed by atoms with Crippen LogP contribution in [0.25, 0.3) is 11.4 Å². The molecule has 0 spiro atoms. The molecular weight excluding hydrogens is 240 g/mol. The molecule has 2 N–H and O–H groups in total. The van der Waals surface area contributed by atoms with Crippen LogP contribution < -0.4 is 5.32 Å². The van der Waals surface area contributed by atoms with Crippen molar-refractivity contribution in [1.29, 1.82) is 0 Å². The van der Waals surface area contributed by atoms with E-state index in [1.54, 1.807) is 0 Å². The lowest BCUT2D eigenvalue weighted by Gasteiger charge is -2.05. The van der Waals surface area contributed by atoms with Gasteiger partial charge in [0.05, 0.1) is 6.61 Å². The fraction of sp³-hybridized carbons (Fsp3) is 0.182. The van der Waals surface area contributed by atoms with Crippen molar-refractivity contribution in [3.63, 3.8) is 0 Å². The quantitative estimate of drug-likeness (QED) is 0.862. The summed E-state index contributed by atoms with van der Waals surface area (Å²) in [6.45, 7) is 0.374. The molecule has 2 aromatic rings. The van der Waals surface area contributed by atoms with Crippen molar-refractivity contribution in [3.8, 4) is 11.4 Å². The van der Waals surface area contributed by atoms with E-state index < -0.39 is 0 Å². The molecule has 1 heterocycles. The third-order valence-electron chi connectivity index (χ3n) is 2.04. The van der Waals surface area contributed by atoms with E-state index in [9.17, 15) is 0 Å². The summed E-state index contributed by atoms with van der Waals surface area (Å²) in [5, 5.41) is 11.7. The van der Waals surface area contributed by atoms with Gasteiger partial charge < -0.3 is 10.4 Å². The zero-order valence-electron chi connectivity index (χ0n) is 8.97. The Hall–Kier alpha value is -1.72. The molecule has 5 nitrogen and oxygen atoms in total. The number of nitrogens with one attached hydrogen (secondary N) is 1. The first-order valence-corrected chi connectivity index (χ1v) is 5.49. The normalized spacial score (nSPS) is 10.2. The lowest BCUT2D eigenvalue weighted by molar-refractivity contribution is 0.311. The second-order valence-electron chi connectivity index (χ2n) is 3.27. The SMILES string of the molecule is OCCNc1nc(Cl)nc(-c2ccccc2)n1. The Morgan fingerprint density at radius 3 is 2.59 bits per heavy atom. The molecule has 0 saturated carbocycles. The Labute approximate surface area is 104 Å². The predicted molar refractivity (Wildman–Crippen MR) is 65.8 cm³/mol. The molecule has 1 aromatic carbocycles. The molecule has 0 aliphatic carbocycles. The molecule has 0 saturated heterocycles. The van der Waals surface area contributed by atoms with Crippen LogP contribution in [0.5, 0.6) is 0 Å². The molecular formula is C11H11ClN4O. The van der Waals surface area contributed by atoms with Crippen LogP contribution >= 0.6 is 11.6 Å². The number of hydrogen-bond donors (Lipinski definition) is 2. The van der Waals surface area contributed by atoms with Crippen molar-refractivity contribution in [2.75, 3.05) is 18.5 Å². The number of halogens is 1. The molecule has 1 aromatic heterocycles. The van der Waals surface area contributed by atoms with Crippen LogP contribution in [0.15, 0.2) is 30.3 Å². The third-order valence-corrected chi connectivity index (χ3v) is 2.20. The first-order chi connectivity index (χ1) is 8.29. The zero-order chi connectivity index (χ0) is 12.1. The van der Waals surface area contributed by atoms with Crippen LogP contribution in [0.4, 0.5) is 5.95 Å². The van der Waals surface area contributed by atoms with Gasteiger partial charge >= 0.3 is 0 Å². The number of benzene rings is 1. The number of aromatic nitrogens is 3. The van der Waals surface area contributed by atoms with E-state index in [0.717, 1.165) is 5.56 Å². The fourth-order valence-electron chi connectivity index (χ4n) is 1.31. The van der Waals surface area contributed by atoms with Crippen LogP contribution in [0.2, 0.25) is 5.28 Å². The van der Waals surface area contributed by atoms with Gasteiger partial charge in [0.25, 0.3) is 0 Å². The van der Waals surface area contributed by atoms with Crippen molar-refractivity contribution in [2.45, 2.75) is 0 Å². The highest BCUT2D eigenvalue weighted by Crippen LogP contribution is 2.17. The number of rotatable bonds is 4. The molecule has 6 heteroatoms. The van der Waals surface area contributed by atoms with Crippen molar-refractivity contribution in [3.05, 3.63) is 35.6 Å². The topological polar surface area (TPSA) is 70.9 Å². The Bertz CT molecular complexity index is 492. The van der Waals surface area contributed by atoms with Gasteiger partial charge in [0, 0.05) is 12.1 Å². The third kappa shape index (κ3) is 3.12. The highest BCUT2D eigenvalue weighted by Gasteiger charge is 2.06. The summed E-state index contributed by atoms with van der Waals surface area (Å²) in [4.78, 5) is 12.2. The number of anilines is 1. The summed E-state index contributed by atoms with van der Waals surface area (Å²) in [6, 6.07) is 9.49. The average Bonchev–Trinajstić information content (AvgIpc) is 2.37. The van der Waals surface area contributed by atoms with E-state index in [0.29, 0.717) is 18.3 Å². The Morgan fingerprint density at radius 2 is 1.88 bits per heavy atom. The maximum atomic E-state index is 8.72. The summed E-state index contributed by atoms with van der Waals surface area (Å²) >= 11 is 5.81. The van der Waals surface area contributed by atoms with E-state index in [4.69, 9.17) is 16.7 Å². The minimum atomic E-state index is 0.00394. The number of aliphatic hydroxyl groups excluding tert-OH is 1. The molecule has 17 heavy (non-hydrogen) atoms. The molecule has 0 bridgehead atoms. The smallest absolute Gasteiger partial charge is 0.227 e. The fourth-order valence-corrected chi connectivity index (χ4v) is 1.47. The second kappa shape index (κ2) is 5.56. The van der Waals surface area contributed by atoms with Crippen LogP contribution in [0, 0.1) is 0 Å². The molecule has 0 radical (unpaired) electrons. The minimum Gasteiger partial charge on any atom is -0.395 e. The van der Waals surface area contributed by atoms with Gasteiger partial charge in [0.2, 0.25) is 11.2 Å². The maximum Gasteiger partial charge on any atom is 0.227 e. The highest BCUT2D eigenvalue weighted by atomic mass is 35.5. The lowest BCUT2D eigenvalue weighted by Crippen LogP contribution is -2.09. The van der Waals surface area contributed by atoms with Gasteiger partial charge in [0.1, 0.15) is 0 Å². The Balaban J connectivity index is 2.32. The predicted octanol–water partition coefficient (Wildman–Crippen LogP) is 1.60. The van der Waals surface area contributed by atoms with Gasteiger partial charge in [-0.25, -0.2) is 0 Å². The molecule has 0 unspecified atom stereocenters. The van der Waals surface area contributed by atoms with Gasteiger partial charge in [-0.15, -0.1) is 0 Å². The number of nitrogens with zero attached hydrogens (tertiary/aromatic N) is 3. The van der Waals surface area contributed by atoms with Crippen LogP contribution in [-0.4, -0.2) is 33.2 Å². The standard InChI is InChI=1S/C11H11ClN4O/c12-10-14-9(8-4-2-1-3-5-8)15-11(16-10)13-6-7-17/h1-5,17H,6-7H2,(H,13,14,15,16). The molecule has 2 rings (SSSR count). The summed E-state index contributed by atoms with van der Waals surface area (Å²) in [7, 11) is 0. The van der Waals surface area contributed by atoms with Crippen LogP contribution in [0.1, 0.15) is 0 Å². The van der Waals surface area contributed by atoms with Crippen molar-refractivity contribution in [1.82, 2.24) is 15.0 Å². The molecule has 0 atom stereocenters. The molecule has 0 aliphatic heterocycles. The summed E-state index contributed by atoms with van der Waals surface area (Å²) in [5.41, 5.74) is 0.865. The van der Waals surface area contributed by atoms with E-state index in [-0.39, 0.29) is 11.9 Å². The number of aliphatic hydroxyl groups is 1. The first-order valence-electron chi connectivity index (χ1n) is 5.11. The van der Waals surface area contributed by atoms with Crippen LogP contribution in [0.3, 0.4) is 0 Å². The Kier molecular flexibility index (Phi) is 3.85. The molecule has 0 amide bonds. The van der Waals surface area contributed by atoms with E-state index in [2.05, 4.69) is 20.3 Å². The first kappa shape index (κ1) is 11.8. The highest BCUT2D eigenvalue weighted by molar-refractivity contribution is 6.28. The minimum absolute atomic E-state index is 0.00394. The van der Waals surface area contributed by atoms with E-state index >= 15 is 0 Å². The van der Waals surface area contributed by atoms with Crippen molar-refractivity contribution < 1.29 is 5.11 Å². The summed E-state index contributed by atoms with van der Waals surface area (Å²) in [5.74, 6) is 0.865. The monoisotopic (exact) mass is 250 g/mol. The van der Waals surface area contributed by atoms with Gasteiger partial charge in [-0.1, -0.05) is 30.3 Å². The molecule has 88 valence electrons. The Morgan fingerprint density at radius 1 is 1.12 bits per heavy atom. The number of hydrogen-bond acceptors (Lipinski definition) is 5. The maximum absolute atomic E-state index is 8.72. The van der Waals surface area contributed by atoms with Crippen molar-refractivity contribution >= 4 is 17.5 Å². The van der Waals surface area contributed by atoms with Gasteiger partial charge in [-0.3, -0.25) is 0 Å². The van der Waals surface area contributed by atoms with E-state index in [1.165, 1.54) is 0 Å². The van der Waals surface area contributed by atoms with Crippen molar-refractivity contribution in [2.24, 2.45) is 0 Å². The van der Waals surface area contributed by atoms with Gasteiger partial charge in [0.15, 0.2) is 5.82 Å². The zero-order valence-corrected chi connectivity index (χ0v) is 9.72. The second-order valence-corrected chi connectivity index (χ2v) is 3.61. The summed E-state index contributed by atoms with van der Waals surface area (Å²) < 4.78 is 0. The lowest BCUT2D eigenvalue weighted by atomic mass is 10.2. The molecule has 0 fully saturated rings. The largest absolute Gasteiger partial charge is 0.395 e. The van der Waals surface area contributed by atoms with Gasteiger partial charge in [-0.05, 0) is 11.6 Å². The molecule has 0 aliphatic rings. The van der Waals surface area contributed by atoms with E-state index in [1.807, 2.05) is 30.3 Å². The summed E-state index contributed by atoms with van der Waals surface area (Å²) in [6.07, 6.45) is 0.